The number of carbonyl (C=O) groups is 1. The lowest BCUT2D eigenvalue weighted by Gasteiger charge is -2.21. The van der Waals surface area contributed by atoms with Gasteiger partial charge in [0, 0.05) is 11.7 Å². The van der Waals surface area contributed by atoms with Crippen molar-refractivity contribution in [2.45, 2.75) is 39.3 Å². The molecule has 0 bridgehead atoms. The first-order chi connectivity index (χ1) is 8.19. The van der Waals surface area contributed by atoms with Crippen molar-refractivity contribution >= 4 is 11.8 Å². The van der Waals surface area contributed by atoms with E-state index in [9.17, 15) is 9.90 Å². The van der Waals surface area contributed by atoms with Crippen LogP contribution < -0.4 is 11.1 Å². The van der Waals surface area contributed by atoms with Crippen LogP contribution in [-0.2, 0) is 4.74 Å². The molecule has 0 aliphatic carbocycles. The normalized spacial score (nSPS) is 12.9. The van der Waals surface area contributed by atoms with Gasteiger partial charge in [-0.1, -0.05) is 0 Å². The van der Waals surface area contributed by atoms with Gasteiger partial charge in [0.2, 0.25) is 0 Å². The number of anilines is 1. The molecule has 0 aromatic heterocycles. The minimum atomic E-state index is -0.560. The molecule has 100 valence electrons. The topological polar surface area (TPSA) is 84.6 Å². The first-order valence-electron chi connectivity index (χ1n) is 5.77. The highest BCUT2D eigenvalue weighted by molar-refractivity contribution is 5.86. The fraction of sp³-hybridized carbons (Fsp3) is 0.462. The summed E-state index contributed by atoms with van der Waals surface area (Å²) in [6.45, 7) is 7.14. The van der Waals surface area contributed by atoms with Crippen LogP contribution in [0.15, 0.2) is 18.2 Å². The lowest BCUT2D eigenvalue weighted by atomic mass is 10.1. The maximum absolute atomic E-state index is 11.7. The van der Waals surface area contributed by atoms with Crippen LogP contribution in [0, 0.1) is 0 Å². The molecule has 0 unspecified atom stereocenters. The molecular weight excluding hydrogens is 232 g/mol. The maximum Gasteiger partial charge on any atom is 0.412 e. The first-order valence-corrected chi connectivity index (χ1v) is 5.77. The smallest absolute Gasteiger partial charge is 0.412 e. The minimum absolute atomic E-state index is 0.108. The van der Waals surface area contributed by atoms with E-state index in [4.69, 9.17) is 10.5 Å². The quantitative estimate of drug-likeness (QED) is 0.706. The Morgan fingerprint density at radius 1 is 1.44 bits per heavy atom. The fourth-order valence-electron chi connectivity index (χ4n) is 1.45. The van der Waals surface area contributed by atoms with E-state index in [0.29, 0.717) is 11.3 Å². The van der Waals surface area contributed by atoms with E-state index < -0.39 is 11.7 Å². The van der Waals surface area contributed by atoms with Crippen molar-refractivity contribution in [2.24, 2.45) is 5.73 Å². The molecule has 1 rings (SSSR count). The number of benzene rings is 1. The van der Waals surface area contributed by atoms with Crippen LogP contribution in [0.2, 0.25) is 0 Å². The maximum atomic E-state index is 11.7. The second kappa shape index (κ2) is 5.27. The van der Waals surface area contributed by atoms with Gasteiger partial charge in [0.05, 0.1) is 0 Å². The molecule has 0 radical (unpaired) electrons. The number of phenols is 1. The predicted octanol–water partition coefficient (Wildman–Crippen LogP) is 2.76. The van der Waals surface area contributed by atoms with Crippen molar-refractivity contribution < 1.29 is 14.6 Å². The van der Waals surface area contributed by atoms with Crippen molar-refractivity contribution in [3.8, 4) is 5.75 Å². The van der Waals surface area contributed by atoms with E-state index in [1.807, 2.05) is 0 Å². The molecule has 1 amide bonds. The van der Waals surface area contributed by atoms with Gasteiger partial charge in [0.15, 0.2) is 0 Å². The molecule has 0 saturated carbocycles. The number of rotatable bonds is 2. The SMILES string of the molecule is C[C@@H](N)c1cc(O)ccc1NC(=O)OC(C)(C)C. The zero-order valence-electron chi connectivity index (χ0n) is 11.2. The molecule has 0 aliphatic rings. The third-order valence-electron chi connectivity index (χ3n) is 2.16. The summed E-state index contributed by atoms with van der Waals surface area (Å²) in [5.74, 6) is 0.108. The van der Waals surface area contributed by atoms with Gasteiger partial charge < -0.3 is 15.6 Å². The number of amides is 1. The van der Waals surface area contributed by atoms with E-state index in [0.717, 1.165) is 0 Å². The summed E-state index contributed by atoms with van der Waals surface area (Å²) in [4.78, 5) is 11.7. The monoisotopic (exact) mass is 252 g/mol. The molecule has 5 heteroatoms. The van der Waals surface area contributed by atoms with Gasteiger partial charge in [-0.25, -0.2) is 4.79 Å². The van der Waals surface area contributed by atoms with Gasteiger partial charge >= 0.3 is 6.09 Å². The Kier molecular flexibility index (Phi) is 4.19. The van der Waals surface area contributed by atoms with Crippen LogP contribution in [0.25, 0.3) is 0 Å². The summed E-state index contributed by atoms with van der Waals surface area (Å²) in [5.41, 5.74) is 6.42. The number of phenolic OH excluding ortho intramolecular Hbond substituents is 1. The van der Waals surface area contributed by atoms with E-state index >= 15 is 0 Å². The van der Waals surface area contributed by atoms with Crippen molar-refractivity contribution in [1.29, 1.82) is 0 Å². The number of ether oxygens (including phenoxy) is 1. The Morgan fingerprint density at radius 2 is 2.06 bits per heavy atom. The molecule has 5 nitrogen and oxygen atoms in total. The molecule has 1 aromatic carbocycles. The molecule has 4 N–H and O–H groups in total. The second-order valence-electron chi connectivity index (χ2n) is 5.19. The molecule has 0 saturated heterocycles. The third kappa shape index (κ3) is 4.25. The standard InChI is InChI=1S/C13H20N2O3/c1-8(14)10-7-9(16)5-6-11(10)15-12(17)18-13(2,3)4/h5-8,16H,14H2,1-4H3,(H,15,17)/t8-/m1/s1. The van der Waals surface area contributed by atoms with Crippen LogP contribution in [0.4, 0.5) is 10.5 Å². The van der Waals surface area contributed by atoms with Gasteiger partial charge in [0.1, 0.15) is 11.4 Å². The number of aromatic hydroxyl groups is 1. The van der Waals surface area contributed by atoms with Crippen LogP contribution in [0.1, 0.15) is 39.3 Å². The van der Waals surface area contributed by atoms with Crippen molar-refractivity contribution in [1.82, 2.24) is 0 Å². The highest BCUT2D eigenvalue weighted by atomic mass is 16.6. The van der Waals surface area contributed by atoms with Gasteiger partial charge in [0.25, 0.3) is 0 Å². The number of nitrogens with one attached hydrogen (secondary N) is 1. The molecule has 0 aliphatic heterocycles. The summed E-state index contributed by atoms with van der Waals surface area (Å²) in [6, 6.07) is 4.30. The predicted molar refractivity (Wildman–Crippen MR) is 70.6 cm³/mol. The molecule has 0 heterocycles. The minimum Gasteiger partial charge on any atom is -0.508 e. The summed E-state index contributed by atoms with van der Waals surface area (Å²) < 4.78 is 5.15. The summed E-state index contributed by atoms with van der Waals surface area (Å²) in [7, 11) is 0. The largest absolute Gasteiger partial charge is 0.508 e. The van der Waals surface area contributed by atoms with Crippen LogP contribution >= 0.6 is 0 Å². The van der Waals surface area contributed by atoms with E-state index in [2.05, 4.69) is 5.32 Å². The van der Waals surface area contributed by atoms with Crippen molar-refractivity contribution in [2.75, 3.05) is 5.32 Å². The van der Waals surface area contributed by atoms with Crippen LogP contribution in [0.3, 0.4) is 0 Å². The molecule has 18 heavy (non-hydrogen) atoms. The van der Waals surface area contributed by atoms with Gasteiger partial charge in [-0.15, -0.1) is 0 Å². The third-order valence-corrected chi connectivity index (χ3v) is 2.16. The Morgan fingerprint density at radius 3 is 2.56 bits per heavy atom. The zero-order chi connectivity index (χ0) is 13.9. The van der Waals surface area contributed by atoms with E-state index in [1.165, 1.54) is 12.1 Å². The number of hydrogen-bond donors (Lipinski definition) is 3. The molecular formula is C13H20N2O3. The Bertz CT molecular complexity index is 436. The van der Waals surface area contributed by atoms with Gasteiger partial charge in [-0.2, -0.15) is 0 Å². The van der Waals surface area contributed by atoms with E-state index in [-0.39, 0.29) is 11.8 Å². The Balaban J connectivity index is 2.88. The lowest BCUT2D eigenvalue weighted by Crippen LogP contribution is -2.27. The molecule has 1 atom stereocenters. The van der Waals surface area contributed by atoms with Crippen molar-refractivity contribution in [3.63, 3.8) is 0 Å². The van der Waals surface area contributed by atoms with Gasteiger partial charge in [-0.05, 0) is 51.5 Å². The van der Waals surface area contributed by atoms with Gasteiger partial charge in [-0.3, -0.25) is 5.32 Å². The number of hydrogen-bond acceptors (Lipinski definition) is 4. The molecule has 1 aromatic rings. The van der Waals surface area contributed by atoms with E-state index in [1.54, 1.807) is 33.8 Å². The Hall–Kier alpha value is -1.75. The average molecular weight is 252 g/mol. The summed E-state index contributed by atoms with van der Waals surface area (Å²) in [6.07, 6.45) is -0.546. The number of nitrogens with two attached hydrogens (primary N) is 1. The average Bonchev–Trinajstić information content (AvgIpc) is 2.17. The number of carbonyl (C=O) groups excluding carboxylic acids is 1. The lowest BCUT2D eigenvalue weighted by molar-refractivity contribution is 0.0635. The van der Waals surface area contributed by atoms with Crippen LogP contribution in [-0.4, -0.2) is 16.8 Å². The first kappa shape index (κ1) is 14.3. The summed E-state index contributed by atoms with van der Waals surface area (Å²) >= 11 is 0. The highest BCUT2D eigenvalue weighted by Crippen LogP contribution is 2.26. The van der Waals surface area contributed by atoms with Crippen LogP contribution in [0.5, 0.6) is 5.75 Å². The zero-order valence-corrected chi connectivity index (χ0v) is 11.2. The molecule has 0 spiro atoms. The van der Waals surface area contributed by atoms with Crippen molar-refractivity contribution in [3.05, 3.63) is 23.8 Å². The fourth-order valence-corrected chi connectivity index (χ4v) is 1.45. The highest BCUT2D eigenvalue weighted by Gasteiger charge is 2.18. The second-order valence-corrected chi connectivity index (χ2v) is 5.19. The Labute approximate surface area is 107 Å². The summed E-state index contributed by atoms with van der Waals surface area (Å²) in [5, 5.41) is 12.0. The molecule has 0 fully saturated rings.